The van der Waals surface area contributed by atoms with Crippen molar-refractivity contribution in [1.82, 2.24) is 5.32 Å². The molecule has 0 aromatic carbocycles. The van der Waals surface area contributed by atoms with Crippen LogP contribution in [0.2, 0.25) is 0 Å². The van der Waals surface area contributed by atoms with Crippen LogP contribution in [0, 0.1) is 0 Å². The number of amides is 1. The van der Waals surface area contributed by atoms with Crippen LogP contribution in [0.25, 0.3) is 0 Å². The summed E-state index contributed by atoms with van der Waals surface area (Å²) in [6.45, 7) is 1.44. The third-order valence-corrected chi connectivity index (χ3v) is 2.54. The first-order chi connectivity index (χ1) is 6.59. The SMILES string of the molecule is C[C@H](NC(=O)Cc1cccs1)C(=O)O. The van der Waals surface area contributed by atoms with Crippen LogP contribution in [-0.2, 0) is 16.0 Å². The van der Waals surface area contributed by atoms with E-state index in [4.69, 9.17) is 5.11 Å². The summed E-state index contributed by atoms with van der Waals surface area (Å²) < 4.78 is 0. The van der Waals surface area contributed by atoms with Crippen LogP contribution in [0.1, 0.15) is 11.8 Å². The van der Waals surface area contributed by atoms with E-state index in [9.17, 15) is 9.59 Å². The maximum atomic E-state index is 11.3. The molecule has 1 heterocycles. The fourth-order valence-corrected chi connectivity index (χ4v) is 1.63. The van der Waals surface area contributed by atoms with Crippen molar-refractivity contribution >= 4 is 23.2 Å². The molecule has 5 heteroatoms. The Kier molecular flexibility index (Phi) is 3.64. The second-order valence-electron chi connectivity index (χ2n) is 2.88. The number of hydrogen-bond donors (Lipinski definition) is 2. The van der Waals surface area contributed by atoms with E-state index in [1.54, 1.807) is 0 Å². The fourth-order valence-electron chi connectivity index (χ4n) is 0.926. The predicted molar refractivity (Wildman–Crippen MR) is 53.3 cm³/mol. The highest BCUT2D eigenvalue weighted by atomic mass is 32.1. The van der Waals surface area contributed by atoms with Gasteiger partial charge in [0.2, 0.25) is 5.91 Å². The molecule has 76 valence electrons. The average Bonchev–Trinajstić information content (AvgIpc) is 2.56. The molecule has 0 bridgehead atoms. The summed E-state index contributed by atoms with van der Waals surface area (Å²) in [7, 11) is 0. The van der Waals surface area contributed by atoms with E-state index in [-0.39, 0.29) is 12.3 Å². The summed E-state index contributed by atoms with van der Waals surface area (Å²) in [5, 5.41) is 12.8. The van der Waals surface area contributed by atoms with E-state index in [1.165, 1.54) is 18.3 Å². The van der Waals surface area contributed by atoms with Crippen LogP contribution in [0.4, 0.5) is 0 Å². The third-order valence-electron chi connectivity index (χ3n) is 1.66. The highest BCUT2D eigenvalue weighted by Gasteiger charge is 2.13. The third kappa shape index (κ3) is 3.18. The molecular formula is C9H11NO3S. The van der Waals surface area contributed by atoms with Gasteiger partial charge in [0.25, 0.3) is 0 Å². The fraction of sp³-hybridized carbons (Fsp3) is 0.333. The van der Waals surface area contributed by atoms with E-state index in [2.05, 4.69) is 5.32 Å². The predicted octanol–water partition coefficient (Wildman–Crippen LogP) is 0.880. The molecule has 0 unspecified atom stereocenters. The Morgan fingerprint density at radius 3 is 2.86 bits per heavy atom. The van der Waals surface area contributed by atoms with Crippen molar-refractivity contribution in [2.24, 2.45) is 0 Å². The molecule has 1 aromatic rings. The Morgan fingerprint density at radius 2 is 2.36 bits per heavy atom. The summed E-state index contributed by atoms with van der Waals surface area (Å²) in [5.41, 5.74) is 0. The monoisotopic (exact) mass is 213 g/mol. The number of hydrogen-bond acceptors (Lipinski definition) is 3. The lowest BCUT2D eigenvalue weighted by atomic mass is 10.3. The minimum atomic E-state index is -1.02. The number of carboxylic acids is 1. The van der Waals surface area contributed by atoms with Gasteiger partial charge in [0.05, 0.1) is 6.42 Å². The average molecular weight is 213 g/mol. The first kappa shape index (κ1) is 10.7. The van der Waals surface area contributed by atoms with Crippen LogP contribution >= 0.6 is 11.3 Å². The van der Waals surface area contributed by atoms with Crippen molar-refractivity contribution in [3.8, 4) is 0 Å². The van der Waals surface area contributed by atoms with Crippen molar-refractivity contribution in [2.45, 2.75) is 19.4 Å². The van der Waals surface area contributed by atoms with Gasteiger partial charge >= 0.3 is 5.97 Å². The summed E-state index contributed by atoms with van der Waals surface area (Å²) in [6.07, 6.45) is 0.245. The van der Waals surface area contributed by atoms with Crippen LogP contribution in [0.15, 0.2) is 17.5 Å². The van der Waals surface area contributed by atoms with Gasteiger partial charge in [-0.3, -0.25) is 9.59 Å². The molecule has 0 saturated heterocycles. The van der Waals surface area contributed by atoms with Crippen molar-refractivity contribution in [3.63, 3.8) is 0 Å². The number of thiophene rings is 1. The molecule has 1 rings (SSSR count). The molecule has 14 heavy (non-hydrogen) atoms. The highest BCUT2D eigenvalue weighted by Crippen LogP contribution is 2.08. The van der Waals surface area contributed by atoms with Crippen LogP contribution in [0.3, 0.4) is 0 Å². The van der Waals surface area contributed by atoms with Gasteiger partial charge in [0.1, 0.15) is 6.04 Å². The summed E-state index contributed by atoms with van der Waals surface area (Å²) in [5.74, 6) is -1.29. The zero-order valence-corrected chi connectivity index (χ0v) is 8.50. The second-order valence-corrected chi connectivity index (χ2v) is 3.92. The summed E-state index contributed by atoms with van der Waals surface area (Å²) in [6, 6.07) is 2.87. The van der Waals surface area contributed by atoms with Crippen LogP contribution < -0.4 is 5.32 Å². The van der Waals surface area contributed by atoms with Gasteiger partial charge in [-0.1, -0.05) is 6.07 Å². The van der Waals surface area contributed by atoms with Crippen molar-refractivity contribution in [1.29, 1.82) is 0 Å². The van der Waals surface area contributed by atoms with Crippen molar-refractivity contribution in [2.75, 3.05) is 0 Å². The Hall–Kier alpha value is -1.36. The molecule has 1 aromatic heterocycles. The van der Waals surface area contributed by atoms with Crippen LogP contribution in [-0.4, -0.2) is 23.0 Å². The number of rotatable bonds is 4. The highest BCUT2D eigenvalue weighted by molar-refractivity contribution is 7.10. The molecule has 0 radical (unpaired) electrons. The molecule has 0 saturated carbocycles. The van der Waals surface area contributed by atoms with E-state index >= 15 is 0 Å². The molecule has 0 fully saturated rings. The quantitative estimate of drug-likeness (QED) is 0.780. The Balaban J connectivity index is 2.40. The number of carbonyl (C=O) groups is 2. The molecule has 1 atom stereocenters. The molecule has 4 nitrogen and oxygen atoms in total. The largest absolute Gasteiger partial charge is 0.480 e. The lowest BCUT2D eigenvalue weighted by molar-refractivity contribution is -0.141. The number of carbonyl (C=O) groups excluding carboxylic acids is 1. The molecule has 0 aliphatic rings. The topological polar surface area (TPSA) is 66.4 Å². The van der Waals surface area contributed by atoms with Crippen molar-refractivity contribution in [3.05, 3.63) is 22.4 Å². The van der Waals surface area contributed by atoms with E-state index in [1.807, 2.05) is 17.5 Å². The zero-order chi connectivity index (χ0) is 10.6. The lowest BCUT2D eigenvalue weighted by Gasteiger charge is -2.07. The number of nitrogens with one attached hydrogen (secondary N) is 1. The van der Waals surface area contributed by atoms with Gasteiger partial charge in [-0.2, -0.15) is 0 Å². The molecule has 2 N–H and O–H groups in total. The van der Waals surface area contributed by atoms with Crippen LogP contribution in [0.5, 0.6) is 0 Å². The lowest BCUT2D eigenvalue weighted by Crippen LogP contribution is -2.39. The Bertz CT molecular complexity index is 321. The van der Waals surface area contributed by atoms with Gasteiger partial charge < -0.3 is 10.4 Å². The van der Waals surface area contributed by atoms with E-state index < -0.39 is 12.0 Å². The minimum Gasteiger partial charge on any atom is -0.480 e. The van der Waals surface area contributed by atoms with Gasteiger partial charge in [0, 0.05) is 4.88 Å². The molecule has 0 aliphatic heterocycles. The second kappa shape index (κ2) is 4.76. The Labute approximate surface area is 85.6 Å². The van der Waals surface area contributed by atoms with Gasteiger partial charge in [-0.25, -0.2) is 0 Å². The van der Waals surface area contributed by atoms with Gasteiger partial charge in [0.15, 0.2) is 0 Å². The smallest absolute Gasteiger partial charge is 0.325 e. The number of aliphatic carboxylic acids is 1. The molecule has 0 spiro atoms. The first-order valence-electron chi connectivity index (χ1n) is 4.14. The summed E-state index contributed by atoms with van der Waals surface area (Å²) in [4.78, 5) is 22.6. The summed E-state index contributed by atoms with van der Waals surface area (Å²) >= 11 is 1.48. The zero-order valence-electron chi connectivity index (χ0n) is 7.69. The first-order valence-corrected chi connectivity index (χ1v) is 5.02. The Morgan fingerprint density at radius 1 is 1.64 bits per heavy atom. The minimum absolute atomic E-state index is 0.245. The maximum Gasteiger partial charge on any atom is 0.325 e. The normalized spacial score (nSPS) is 12.1. The van der Waals surface area contributed by atoms with Gasteiger partial charge in [-0.05, 0) is 18.4 Å². The number of carboxylic acid groups (broad SMARTS) is 1. The van der Waals surface area contributed by atoms with E-state index in [0.29, 0.717) is 0 Å². The van der Waals surface area contributed by atoms with Crippen molar-refractivity contribution < 1.29 is 14.7 Å². The molecule has 0 aliphatic carbocycles. The van der Waals surface area contributed by atoms with Gasteiger partial charge in [-0.15, -0.1) is 11.3 Å². The maximum absolute atomic E-state index is 11.3. The molecular weight excluding hydrogens is 202 g/mol. The molecule has 1 amide bonds. The standard InChI is InChI=1S/C9H11NO3S/c1-6(9(12)13)10-8(11)5-7-3-2-4-14-7/h2-4,6H,5H2,1H3,(H,10,11)(H,12,13)/t6-/m0/s1. The van der Waals surface area contributed by atoms with E-state index in [0.717, 1.165) is 4.88 Å².